The molecule has 0 aliphatic rings. The first-order valence-electron chi connectivity index (χ1n) is 4.95. The molecule has 0 bridgehead atoms. The number of sulfonamides is 1. The molecular formula is C9H8N6O3S. The van der Waals surface area contributed by atoms with Crippen LogP contribution in [0.4, 0.5) is 10.7 Å². The molecule has 0 aliphatic carbocycles. The van der Waals surface area contributed by atoms with Crippen molar-refractivity contribution in [2.45, 2.75) is 5.03 Å². The van der Waals surface area contributed by atoms with Crippen LogP contribution in [-0.4, -0.2) is 34.4 Å². The number of aromatic nitrogens is 4. The number of hydrogen-bond acceptors (Lipinski definition) is 7. The SMILES string of the molecule is O=C(Nc1ncncn1)NS(=O)(=O)c1ccccn1. The standard InChI is InChI=1S/C9H8N6O3S/c16-9(14-8-12-5-10-6-13-8)15-19(17,18)7-3-1-2-4-11-7/h1-6H,(H2,10,12,13,14,15,16). The molecule has 2 amide bonds. The molecular weight excluding hydrogens is 272 g/mol. The molecule has 0 fully saturated rings. The van der Waals surface area contributed by atoms with E-state index in [1.54, 1.807) is 10.8 Å². The van der Waals surface area contributed by atoms with E-state index in [-0.39, 0.29) is 11.0 Å². The van der Waals surface area contributed by atoms with Crippen LogP contribution in [0.1, 0.15) is 0 Å². The Morgan fingerprint density at radius 2 is 1.84 bits per heavy atom. The van der Waals surface area contributed by atoms with Gasteiger partial charge in [-0.3, -0.25) is 5.32 Å². The van der Waals surface area contributed by atoms with Gasteiger partial charge in [0.15, 0.2) is 5.03 Å². The zero-order chi connectivity index (χ0) is 13.7. The van der Waals surface area contributed by atoms with Crippen molar-refractivity contribution in [3.63, 3.8) is 0 Å². The molecule has 9 nitrogen and oxygen atoms in total. The lowest BCUT2D eigenvalue weighted by atomic mass is 10.5. The zero-order valence-corrected chi connectivity index (χ0v) is 10.2. The van der Waals surface area contributed by atoms with Gasteiger partial charge >= 0.3 is 6.03 Å². The van der Waals surface area contributed by atoms with Crippen LogP contribution in [0.25, 0.3) is 0 Å². The summed E-state index contributed by atoms with van der Waals surface area (Å²) in [5.74, 6) is -0.0660. The van der Waals surface area contributed by atoms with Gasteiger partial charge in [0.05, 0.1) is 0 Å². The largest absolute Gasteiger partial charge is 0.335 e. The van der Waals surface area contributed by atoms with Crippen LogP contribution in [0.5, 0.6) is 0 Å². The molecule has 0 aliphatic heterocycles. The molecule has 0 unspecified atom stereocenters. The smallest absolute Gasteiger partial charge is 0.275 e. The minimum Gasteiger partial charge on any atom is -0.275 e. The molecule has 2 heterocycles. The minimum atomic E-state index is -4.02. The van der Waals surface area contributed by atoms with E-state index in [0.29, 0.717) is 0 Å². The first kappa shape index (κ1) is 12.8. The number of nitrogens with zero attached hydrogens (tertiary/aromatic N) is 4. The van der Waals surface area contributed by atoms with Gasteiger partial charge in [0, 0.05) is 6.20 Å². The first-order valence-corrected chi connectivity index (χ1v) is 6.43. The normalized spacial score (nSPS) is 10.7. The Balaban J connectivity index is 2.07. The van der Waals surface area contributed by atoms with Crippen molar-refractivity contribution in [3.8, 4) is 0 Å². The quantitative estimate of drug-likeness (QED) is 0.795. The topological polar surface area (TPSA) is 127 Å². The number of carbonyl (C=O) groups excluding carboxylic acids is 1. The van der Waals surface area contributed by atoms with Crippen LogP contribution in [0, 0.1) is 0 Å². The molecule has 2 N–H and O–H groups in total. The second-order valence-corrected chi connectivity index (χ2v) is 4.82. The van der Waals surface area contributed by atoms with Gasteiger partial charge in [-0.05, 0) is 12.1 Å². The Bertz CT molecular complexity index is 661. The predicted molar refractivity (Wildman–Crippen MR) is 63.4 cm³/mol. The Morgan fingerprint density at radius 3 is 2.47 bits per heavy atom. The molecule has 0 atom stereocenters. The van der Waals surface area contributed by atoms with Crippen molar-refractivity contribution in [3.05, 3.63) is 37.1 Å². The zero-order valence-electron chi connectivity index (χ0n) is 9.39. The van der Waals surface area contributed by atoms with Crippen LogP contribution in [-0.2, 0) is 10.0 Å². The Kier molecular flexibility index (Phi) is 3.61. The second kappa shape index (κ2) is 5.35. The summed E-state index contributed by atoms with van der Waals surface area (Å²) in [5.41, 5.74) is 0. The molecule has 0 aromatic carbocycles. The number of hydrogen-bond donors (Lipinski definition) is 2. The summed E-state index contributed by atoms with van der Waals surface area (Å²) in [5, 5.41) is 1.89. The lowest BCUT2D eigenvalue weighted by Crippen LogP contribution is -2.35. The Labute approximate surface area is 108 Å². The highest BCUT2D eigenvalue weighted by atomic mass is 32.2. The van der Waals surface area contributed by atoms with Crippen LogP contribution in [0.3, 0.4) is 0 Å². The van der Waals surface area contributed by atoms with Gasteiger partial charge in [-0.25, -0.2) is 29.5 Å². The molecule has 2 rings (SSSR count). The van der Waals surface area contributed by atoms with Gasteiger partial charge in [0.25, 0.3) is 10.0 Å². The van der Waals surface area contributed by atoms with Gasteiger partial charge in [-0.15, -0.1) is 0 Å². The van der Waals surface area contributed by atoms with E-state index < -0.39 is 16.1 Å². The minimum absolute atomic E-state index is 0.0660. The van der Waals surface area contributed by atoms with Gasteiger partial charge in [0.1, 0.15) is 12.7 Å². The highest BCUT2D eigenvalue weighted by molar-refractivity contribution is 7.90. The number of nitrogens with one attached hydrogen (secondary N) is 2. The predicted octanol–water partition coefficient (Wildman–Crippen LogP) is -0.223. The van der Waals surface area contributed by atoms with E-state index in [0.717, 1.165) is 12.7 Å². The molecule has 2 aromatic heterocycles. The summed E-state index contributed by atoms with van der Waals surface area (Å²) < 4.78 is 25.3. The van der Waals surface area contributed by atoms with Gasteiger partial charge < -0.3 is 0 Å². The van der Waals surface area contributed by atoms with E-state index in [4.69, 9.17) is 0 Å². The molecule has 0 radical (unpaired) electrons. The van der Waals surface area contributed by atoms with Gasteiger partial charge in [0.2, 0.25) is 5.95 Å². The maximum Gasteiger partial charge on any atom is 0.335 e. The highest BCUT2D eigenvalue weighted by Crippen LogP contribution is 2.03. The number of amides is 2. The molecule has 19 heavy (non-hydrogen) atoms. The number of carbonyl (C=O) groups is 1. The number of anilines is 1. The maximum atomic E-state index is 11.7. The van der Waals surface area contributed by atoms with Crippen LogP contribution in [0.2, 0.25) is 0 Å². The van der Waals surface area contributed by atoms with Crippen molar-refractivity contribution in [1.82, 2.24) is 24.7 Å². The third kappa shape index (κ3) is 3.42. The molecule has 0 saturated heterocycles. The molecule has 2 aromatic rings. The fourth-order valence-corrected chi connectivity index (χ4v) is 1.97. The average molecular weight is 280 g/mol. The highest BCUT2D eigenvalue weighted by Gasteiger charge is 2.18. The monoisotopic (exact) mass is 280 g/mol. The van der Waals surface area contributed by atoms with E-state index in [1.165, 1.54) is 18.3 Å². The lowest BCUT2D eigenvalue weighted by Gasteiger charge is -2.06. The Morgan fingerprint density at radius 1 is 1.11 bits per heavy atom. The van der Waals surface area contributed by atoms with E-state index >= 15 is 0 Å². The summed E-state index contributed by atoms with van der Waals surface area (Å²) in [6.07, 6.45) is 3.63. The van der Waals surface area contributed by atoms with Crippen molar-refractivity contribution >= 4 is 22.0 Å². The van der Waals surface area contributed by atoms with Crippen molar-refractivity contribution in [2.24, 2.45) is 0 Å². The summed E-state index contributed by atoms with van der Waals surface area (Å²) in [6.45, 7) is 0. The van der Waals surface area contributed by atoms with Crippen LogP contribution in [0.15, 0.2) is 42.1 Å². The van der Waals surface area contributed by atoms with Gasteiger partial charge in [-0.1, -0.05) is 6.07 Å². The van der Waals surface area contributed by atoms with E-state index in [9.17, 15) is 13.2 Å². The molecule has 98 valence electrons. The van der Waals surface area contributed by atoms with E-state index in [1.807, 2.05) is 0 Å². The second-order valence-electron chi connectivity index (χ2n) is 3.19. The fourth-order valence-electron chi connectivity index (χ4n) is 1.11. The number of urea groups is 1. The average Bonchev–Trinajstić information content (AvgIpc) is 2.40. The van der Waals surface area contributed by atoms with Crippen LogP contribution < -0.4 is 10.0 Å². The number of rotatable bonds is 3. The third-order valence-electron chi connectivity index (χ3n) is 1.86. The third-order valence-corrected chi connectivity index (χ3v) is 3.11. The molecule has 0 spiro atoms. The Hall–Kier alpha value is -2.62. The molecule has 0 saturated carbocycles. The number of pyridine rings is 1. The summed E-state index contributed by atoms with van der Waals surface area (Å²) in [7, 11) is -4.02. The van der Waals surface area contributed by atoms with Crippen molar-refractivity contribution in [1.29, 1.82) is 0 Å². The van der Waals surface area contributed by atoms with Crippen LogP contribution >= 0.6 is 0 Å². The first-order chi connectivity index (χ1) is 9.08. The fraction of sp³-hybridized carbons (Fsp3) is 0. The molecule has 10 heteroatoms. The van der Waals surface area contributed by atoms with Crippen molar-refractivity contribution in [2.75, 3.05) is 5.32 Å². The summed E-state index contributed by atoms with van der Waals surface area (Å²) >= 11 is 0. The maximum absolute atomic E-state index is 11.7. The summed E-state index contributed by atoms with van der Waals surface area (Å²) in [6, 6.07) is 3.32. The summed E-state index contributed by atoms with van der Waals surface area (Å²) in [4.78, 5) is 25.9. The van der Waals surface area contributed by atoms with E-state index in [2.05, 4.69) is 25.3 Å². The van der Waals surface area contributed by atoms with Gasteiger partial charge in [-0.2, -0.15) is 8.42 Å². The van der Waals surface area contributed by atoms with Crippen molar-refractivity contribution < 1.29 is 13.2 Å². The lowest BCUT2D eigenvalue weighted by molar-refractivity contribution is 0.256.